The molecule has 0 amide bonds. The minimum atomic E-state index is -0.146. The lowest BCUT2D eigenvalue weighted by molar-refractivity contribution is -0.161. The highest BCUT2D eigenvalue weighted by Gasteiger charge is 2.61. The van der Waals surface area contributed by atoms with Crippen molar-refractivity contribution < 1.29 is 14.3 Å². The second kappa shape index (κ2) is 7.11. The van der Waals surface area contributed by atoms with E-state index in [4.69, 9.17) is 10.1 Å². The average Bonchev–Trinajstić information content (AvgIpc) is 2.99. The topological polar surface area (TPSA) is 71.5 Å². The zero-order chi connectivity index (χ0) is 20.1. The Morgan fingerprint density at radius 2 is 1.71 bits per heavy atom. The summed E-state index contributed by atoms with van der Waals surface area (Å²) < 4.78 is 5.56. The van der Waals surface area contributed by atoms with Gasteiger partial charge in [0.1, 0.15) is 11.1 Å². The number of fused-ring (bicyclic) bond motifs is 5. The van der Waals surface area contributed by atoms with Crippen LogP contribution in [0, 0.1) is 45.8 Å². The van der Waals surface area contributed by atoms with Gasteiger partial charge >= 0.3 is 12.5 Å². The van der Waals surface area contributed by atoms with Gasteiger partial charge in [0.15, 0.2) is 0 Å². The van der Waals surface area contributed by atoms with Crippen LogP contribution in [-0.4, -0.2) is 24.4 Å². The van der Waals surface area contributed by atoms with E-state index in [1.807, 2.05) is 0 Å². The van der Waals surface area contributed by atoms with Crippen LogP contribution < -0.4 is 0 Å². The molecule has 0 saturated heterocycles. The van der Waals surface area contributed by atoms with E-state index >= 15 is 0 Å². The fraction of sp³-hybridized carbons (Fsp3) is 0.913. The van der Waals surface area contributed by atoms with Gasteiger partial charge in [0.25, 0.3) is 0 Å². The molecule has 154 valence electrons. The maximum Gasteiger partial charge on any atom is 0.362 e. The number of diazo groups is 1. The van der Waals surface area contributed by atoms with Crippen LogP contribution in [0.5, 0.6) is 0 Å². The van der Waals surface area contributed by atoms with Crippen LogP contribution >= 0.6 is 0 Å². The normalized spacial score (nSPS) is 47.2. The Morgan fingerprint density at radius 1 is 1.00 bits per heavy atom. The Hall–Kier alpha value is -1.44. The quantitative estimate of drug-likeness (QED) is 0.505. The largest absolute Gasteiger partial charge is 0.463 e. The molecular weight excluding hydrogens is 352 g/mol. The molecule has 0 N–H and O–H groups in total. The second-order valence-corrected chi connectivity index (χ2v) is 10.6. The maximum absolute atomic E-state index is 12.6. The number of ether oxygens (including phenoxy) is 1. The number of nitrogens with zero attached hydrogens (tertiary/aromatic N) is 2. The number of esters is 1. The van der Waals surface area contributed by atoms with Crippen LogP contribution in [0.4, 0.5) is 0 Å². The number of carbonyl (C=O) groups is 2. The first kappa shape index (κ1) is 19.9. The van der Waals surface area contributed by atoms with E-state index in [1.54, 1.807) is 0 Å². The molecule has 0 spiro atoms. The molecule has 0 aromatic carbocycles. The summed E-state index contributed by atoms with van der Waals surface area (Å²) >= 11 is 0. The van der Waals surface area contributed by atoms with Crippen molar-refractivity contribution in [3.8, 4) is 0 Å². The van der Waals surface area contributed by atoms with Gasteiger partial charge in [0, 0.05) is 12.8 Å². The number of hydrogen-bond donors (Lipinski definition) is 0. The molecule has 4 saturated carbocycles. The second-order valence-electron chi connectivity index (χ2n) is 10.6. The monoisotopic (exact) mass is 387 g/mol. The molecule has 0 aromatic heterocycles. The summed E-state index contributed by atoms with van der Waals surface area (Å²) in [6.07, 6.45) is 10.2. The first-order valence-corrected chi connectivity index (χ1v) is 11.3. The number of hydrogen-bond acceptors (Lipinski definition) is 4. The molecule has 4 aliphatic carbocycles. The van der Waals surface area contributed by atoms with Crippen molar-refractivity contribution in [2.24, 2.45) is 40.4 Å². The molecule has 5 heteroatoms. The summed E-state index contributed by atoms with van der Waals surface area (Å²) in [6, 6.07) is 0. The standard InChI is InChI=1S/C23H35N2O3/c1-14(26)28-16-8-10-22(2)15(12-16)4-5-17-18-6-7-20(21(27)13-25-24)23(18,3)11-9-19(17)22/h15-20H,4-13H2,1-3H3/q+1/t15-,16-,17-,18-,19-,20+,22-,23-/m0/s1. The van der Waals surface area contributed by atoms with E-state index in [0.717, 1.165) is 44.4 Å². The Labute approximate surface area is 168 Å². The maximum atomic E-state index is 12.6. The summed E-state index contributed by atoms with van der Waals surface area (Å²) in [5.41, 5.74) is 0.435. The molecule has 0 aromatic rings. The molecule has 0 bridgehead atoms. The van der Waals surface area contributed by atoms with Crippen molar-refractivity contribution >= 4 is 11.8 Å². The number of rotatable bonds is 3. The summed E-state index contributed by atoms with van der Waals surface area (Å²) in [6.45, 7) is 6.32. The van der Waals surface area contributed by atoms with E-state index in [2.05, 4.69) is 18.8 Å². The van der Waals surface area contributed by atoms with E-state index in [9.17, 15) is 9.59 Å². The van der Waals surface area contributed by atoms with E-state index in [0.29, 0.717) is 23.2 Å². The van der Waals surface area contributed by atoms with Crippen LogP contribution in [0.25, 0.3) is 4.98 Å². The molecule has 0 aliphatic heterocycles. The number of carbonyl (C=O) groups excluding carboxylic acids is 2. The lowest BCUT2D eigenvalue weighted by Crippen LogP contribution is -2.54. The van der Waals surface area contributed by atoms with Gasteiger partial charge in [-0.1, -0.05) is 13.8 Å². The number of ketones is 1. The Bertz CT molecular complexity index is 700. The van der Waals surface area contributed by atoms with Gasteiger partial charge in [-0.2, -0.15) is 0 Å². The van der Waals surface area contributed by atoms with Crippen molar-refractivity contribution in [3.05, 3.63) is 4.98 Å². The van der Waals surface area contributed by atoms with Gasteiger partial charge in [0.2, 0.25) is 11.2 Å². The van der Waals surface area contributed by atoms with Crippen molar-refractivity contribution in [1.29, 1.82) is 5.39 Å². The van der Waals surface area contributed by atoms with Crippen LogP contribution in [-0.2, 0) is 14.3 Å². The third-order valence-electron chi connectivity index (χ3n) is 9.57. The fourth-order valence-corrected chi connectivity index (χ4v) is 8.27. The zero-order valence-corrected chi connectivity index (χ0v) is 17.7. The van der Waals surface area contributed by atoms with Gasteiger partial charge in [-0.15, -0.1) is 0 Å². The minimum absolute atomic E-state index is 0.0433. The molecule has 8 atom stereocenters. The van der Waals surface area contributed by atoms with Gasteiger partial charge in [-0.25, -0.2) is 0 Å². The molecule has 4 rings (SSSR count). The third kappa shape index (κ3) is 2.99. The highest BCUT2D eigenvalue weighted by Crippen LogP contribution is 2.67. The Morgan fingerprint density at radius 3 is 2.43 bits per heavy atom. The molecule has 28 heavy (non-hydrogen) atoms. The molecule has 4 aliphatic rings. The smallest absolute Gasteiger partial charge is 0.362 e. The first-order chi connectivity index (χ1) is 13.3. The zero-order valence-electron chi connectivity index (χ0n) is 17.7. The third-order valence-corrected chi connectivity index (χ3v) is 9.57. The Kier molecular flexibility index (Phi) is 5.04. The van der Waals surface area contributed by atoms with Crippen LogP contribution in [0.3, 0.4) is 0 Å². The van der Waals surface area contributed by atoms with E-state index in [-0.39, 0.29) is 35.7 Å². The molecular formula is C23H35N2O3+. The molecule has 0 radical (unpaired) electrons. The number of Topliss-reactive ketones (excluding diaryl/α,β-unsaturated/α-hetero) is 1. The molecule has 0 heterocycles. The minimum Gasteiger partial charge on any atom is -0.463 e. The summed E-state index contributed by atoms with van der Waals surface area (Å²) in [5, 5.41) is 8.88. The highest BCUT2D eigenvalue weighted by atomic mass is 16.5. The van der Waals surface area contributed by atoms with Gasteiger partial charge in [-0.05, 0) is 92.3 Å². The predicted molar refractivity (Wildman–Crippen MR) is 106 cm³/mol. The van der Waals surface area contributed by atoms with Crippen LogP contribution in [0.2, 0.25) is 0 Å². The summed E-state index contributed by atoms with van der Waals surface area (Å²) in [7, 11) is 0. The van der Waals surface area contributed by atoms with E-state index in [1.165, 1.54) is 26.2 Å². The summed E-state index contributed by atoms with van der Waals surface area (Å²) in [4.78, 5) is 27.1. The van der Waals surface area contributed by atoms with Crippen molar-refractivity contribution in [1.82, 2.24) is 0 Å². The Balaban J connectivity index is 1.52. The first-order valence-electron chi connectivity index (χ1n) is 11.3. The van der Waals surface area contributed by atoms with Gasteiger partial charge in [0.05, 0.1) is 0 Å². The van der Waals surface area contributed by atoms with Crippen molar-refractivity contribution in [3.63, 3.8) is 0 Å². The molecule has 5 nitrogen and oxygen atoms in total. The fourth-order valence-electron chi connectivity index (χ4n) is 8.27. The highest BCUT2D eigenvalue weighted by molar-refractivity contribution is 5.85. The SMILES string of the molecule is CC(=O)O[C@H]1CC[C@@]2(C)[C@@H](CC[C@@H]3[C@@H]2CC[C@]2(C)[C@@H](C(=O)C[N+]#N)CC[C@@H]32)C1. The van der Waals surface area contributed by atoms with Gasteiger partial charge in [-0.3, -0.25) is 9.59 Å². The molecule has 0 unspecified atom stereocenters. The van der Waals surface area contributed by atoms with E-state index < -0.39 is 0 Å². The summed E-state index contributed by atoms with van der Waals surface area (Å²) in [5.74, 6) is 2.79. The van der Waals surface area contributed by atoms with Crippen LogP contribution in [0.15, 0.2) is 0 Å². The van der Waals surface area contributed by atoms with Crippen LogP contribution in [0.1, 0.15) is 78.6 Å². The predicted octanol–water partition coefficient (Wildman–Crippen LogP) is 5.00. The van der Waals surface area contributed by atoms with Crippen molar-refractivity contribution in [2.45, 2.75) is 84.7 Å². The van der Waals surface area contributed by atoms with Crippen molar-refractivity contribution in [2.75, 3.05) is 6.54 Å². The lowest BCUT2D eigenvalue weighted by Gasteiger charge is -2.61. The van der Waals surface area contributed by atoms with Gasteiger partial charge < -0.3 is 4.74 Å². The lowest BCUT2D eigenvalue weighted by atomic mass is 9.44. The molecule has 4 fully saturated rings. The average molecular weight is 388 g/mol.